The monoisotopic (exact) mass is 192 g/mol. The van der Waals surface area contributed by atoms with E-state index in [2.05, 4.69) is 10.1 Å². The quantitative estimate of drug-likeness (QED) is 0.411. The summed E-state index contributed by atoms with van der Waals surface area (Å²) in [4.78, 5) is 10.2. The Bertz CT molecular complexity index is 142. The van der Waals surface area contributed by atoms with E-state index < -0.39 is 6.09 Å². The maximum atomic E-state index is 10.2. The second-order valence-electron chi connectivity index (χ2n) is 2.30. The molecular weight excluding hydrogens is 176 g/mol. The first-order chi connectivity index (χ1) is 6.20. The van der Waals surface area contributed by atoms with Gasteiger partial charge in [-0.3, -0.25) is 5.32 Å². The van der Waals surface area contributed by atoms with Crippen LogP contribution in [0.25, 0.3) is 0 Å². The highest BCUT2D eigenvalue weighted by Crippen LogP contribution is 1.86. The van der Waals surface area contributed by atoms with Gasteiger partial charge in [-0.25, -0.2) is 4.79 Å². The van der Waals surface area contributed by atoms with Crippen molar-refractivity contribution in [1.29, 1.82) is 0 Å². The van der Waals surface area contributed by atoms with Crippen molar-refractivity contribution in [2.75, 3.05) is 34.0 Å². The minimum atomic E-state index is -0.810. The third-order valence-electron chi connectivity index (χ3n) is 1.34. The normalized spacial score (nSPS) is 12.5. The molecule has 0 radical (unpaired) electrons. The first-order valence-corrected chi connectivity index (χ1v) is 3.88. The van der Waals surface area contributed by atoms with Gasteiger partial charge >= 0.3 is 6.09 Å². The van der Waals surface area contributed by atoms with Gasteiger partial charge in [0.2, 0.25) is 0 Å². The van der Waals surface area contributed by atoms with E-state index in [0.29, 0.717) is 13.2 Å². The van der Waals surface area contributed by atoms with Crippen molar-refractivity contribution in [3.63, 3.8) is 0 Å². The fraction of sp³-hybridized carbons (Fsp3) is 0.857. The van der Waals surface area contributed by atoms with E-state index in [1.807, 2.05) is 0 Å². The molecule has 13 heavy (non-hydrogen) atoms. The largest absolute Gasteiger partial charge is 0.445 e. The fourth-order valence-electron chi connectivity index (χ4n) is 0.690. The Hall–Kier alpha value is -0.850. The van der Waals surface area contributed by atoms with E-state index in [0.717, 1.165) is 0 Å². The Morgan fingerprint density at radius 1 is 1.54 bits per heavy atom. The standard InChI is InChI=1S/C7H16N2O4/c1-11-4-3-9-6(12-2)5-13-7(8)10/h6,9H,3-5H2,1-2H3,(H2,8,10). The van der Waals surface area contributed by atoms with Gasteiger partial charge in [0.25, 0.3) is 0 Å². The van der Waals surface area contributed by atoms with Gasteiger partial charge in [0.1, 0.15) is 12.8 Å². The van der Waals surface area contributed by atoms with E-state index in [9.17, 15) is 4.79 Å². The molecule has 1 unspecified atom stereocenters. The van der Waals surface area contributed by atoms with Gasteiger partial charge < -0.3 is 19.9 Å². The first kappa shape index (κ1) is 12.2. The second-order valence-corrected chi connectivity index (χ2v) is 2.30. The Balaban J connectivity index is 3.45. The number of carbonyl (C=O) groups is 1. The molecule has 0 saturated heterocycles. The molecular formula is C7H16N2O4. The van der Waals surface area contributed by atoms with E-state index in [-0.39, 0.29) is 12.8 Å². The highest BCUT2D eigenvalue weighted by Gasteiger charge is 2.07. The number of ether oxygens (including phenoxy) is 3. The molecule has 0 saturated carbocycles. The molecule has 3 N–H and O–H groups in total. The van der Waals surface area contributed by atoms with Crippen molar-refractivity contribution < 1.29 is 19.0 Å². The molecule has 1 atom stereocenters. The molecule has 78 valence electrons. The predicted molar refractivity (Wildman–Crippen MR) is 46.2 cm³/mol. The maximum Gasteiger partial charge on any atom is 0.404 e. The molecule has 6 nitrogen and oxygen atoms in total. The number of primary amides is 1. The summed E-state index contributed by atoms with van der Waals surface area (Å²) < 4.78 is 14.3. The van der Waals surface area contributed by atoms with Gasteiger partial charge in [-0.1, -0.05) is 0 Å². The summed E-state index contributed by atoms with van der Waals surface area (Å²) in [6.45, 7) is 1.28. The number of amides is 1. The van der Waals surface area contributed by atoms with E-state index in [4.69, 9.17) is 15.2 Å². The van der Waals surface area contributed by atoms with Crippen LogP contribution < -0.4 is 11.1 Å². The van der Waals surface area contributed by atoms with Crippen molar-refractivity contribution in [3.05, 3.63) is 0 Å². The smallest absolute Gasteiger partial charge is 0.404 e. The molecule has 0 aromatic carbocycles. The molecule has 0 aromatic heterocycles. The Morgan fingerprint density at radius 2 is 2.23 bits per heavy atom. The highest BCUT2D eigenvalue weighted by molar-refractivity contribution is 5.64. The third-order valence-corrected chi connectivity index (χ3v) is 1.34. The number of rotatable bonds is 7. The van der Waals surface area contributed by atoms with Crippen LogP contribution in [-0.4, -0.2) is 46.3 Å². The summed E-state index contributed by atoms with van der Waals surface area (Å²) in [6, 6.07) is 0. The average Bonchev–Trinajstić information content (AvgIpc) is 2.10. The molecule has 0 aromatic rings. The van der Waals surface area contributed by atoms with E-state index in [1.54, 1.807) is 7.11 Å². The lowest BCUT2D eigenvalue weighted by molar-refractivity contribution is 0.0136. The van der Waals surface area contributed by atoms with Gasteiger partial charge in [0.15, 0.2) is 0 Å². The predicted octanol–water partition coefficient (Wildman–Crippen LogP) is -0.710. The zero-order valence-electron chi connectivity index (χ0n) is 7.91. The lowest BCUT2D eigenvalue weighted by Crippen LogP contribution is -2.38. The Kier molecular flexibility index (Phi) is 7.27. The lowest BCUT2D eigenvalue weighted by Gasteiger charge is -2.15. The Morgan fingerprint density at radius 3 is 2.69 bits per heavy atom. The number of carbonyl (C=O) groups excluding carboxylic acids is 1. The molecule has 0 rings (SSSR count). The van der Waals surface area contributed by atoms with Gasteiger partial charge in [0.05, 0.1) is 6.61 Å². The summed E-state index contributed by atoms with van der Waals surface area (Å²) in [7, 11) is 3.11. The van der Waals surface area contributed by atoms with Gasteiger partial charge in [0, 0.05) is 20.8 Å². The van der Waals surface area contributed by atoms with E-state index >= 15 is 0 Å². The summed E-state index contributed by atoms with van der Waals surface area (Å²) in [5.74, 6) is 0. The van der Waals surface area contributed by atoms with Crippen molar-refractivity contribution in [3.8, 4) is 0 Å². The zero-order chi connectivity index (χ0) is 10.1. The fourth-order valence-corrected chi connectivity index (χ4v) is 0.690. The zero-order valence-corrected chi connectivity index (χ0v) is 7.91. The molecule has 0 aliphatic carbocycles. The minimum absolute atomic E-state index is 0.0928. The van der Waals surface area contributed by atoms with Gasteiger partial charge in [-0.2, -0.15) is 0 Å². The van der Waals surface area contributed by atoms with Crippen LogP contribution in [0.1, 0.15) is 0 Å². The van der Waals surface area contributed by atoms with Crippen LogP contribution in [0.3, 0.4) is 0 Å². The molecule has 0 heterocycles. The molecule has 0 aliphatic heterocycles. The number of hydrogen-bond donors (Lipinski definition) is 2. The van der Waals surface area contributed by atoms with Gasteiger partial charge in [-0.05, 0) is 0 Å². The molecule has 1 amide bonds. The molecule has 0 spiro atoms. The lowest BCUT2D eigenvalue weighted by atomic mass is 10.5. The molecule has 6 heteroatoms. The van der Waals surface area contributed by atoms with Crippen molar-refractivity contribution >= 4 is 6.09 Å². The van der Waals surface area contributed by atoms with Crippen molar-refractivity contribution in [2.24, 2.45) is 5.73 Å². The summed E-state index contributed by atoms with van der Waals surface area (Å²) in [5, 5.41) is 2.95. The number of nitrogens with two attached hydrogens (primary N) is 1. The maximum absolute atomic E-state index is 10.2. The second kappa shape index (κ2) is 7.78. The van der Waals surface area contributed by atoms with Crippen molar-refractivity contribution in [1.82, 2.24) is 5.32 Å². The molecule has 0 bridgehead atoms. The van der Waals surface area contributed by atoms with Gasteiger partial charge in [-0.15, -0.1) is 0 Å². The number of methoxy groups -OCH3 is 2. The number of nitrogens with one attached hydrogen (secondary N) is 1. The van der Waals surface area contributed by atoms with Crippen LogP contribution in [-0.2, 0) is 14.2 Å². The first-order valence-electron chi connectivity index (χ1n) is 3.88. The summed E-state index contributed by atoms with van der Waals surface area (Å²) in [5.41, 5.74) is 4.78. The van der Waals surface area contributed by atoms with Crippen LogP contribution >= 0.6 is 0 Å². The third kappa shape index (κ3) is 7.51. The minimum Gasteiger partial charge on any atom is -0.445 e. The molecule has 0 fully saturated rings. The molecule has 0 aliphatic rings. The van der Waals surface area contributed by atoms with Crippen LogP contribution in [0.15, 0.2) is 0 Å². The average molecular weight is 192 g/mol. The van der Waals surface area contributed by atoms with Crippen LogP contribution in [0.2, 0.25) is 0 Å². The highest BCUT2D eigenvalue weighted by atomic mass is 16.6. The van der Waals surface area contributed by atoms with Crippen LogP contribution in [0.5, 0.6) is 0 Å². The topological polar surface area (TPSA) is 82.8 Å². The Labute approximate surface area is 77.3 Å². The SMILES string of the molecule is COCCNC(COC(N)=O)OC. The van der Waals surface area contributed by atoms with Crippen LogP contribution in [0, 0.1) is 0 Å². The van der Waals surface area contributed by atoms with Crippen LogP contribution in [0.4, 0.5) is 4.79 Å². The summed E-state index contributed by atoms with van der Waals surface area (Å²) in [6.07, 6.45) is -1.15. The number of hydrogen-bond acceptors (Lipinski definition) is 5. The van der Waals surface area contributed by atoms with Crippen molar-refractivity contribution in [2.45, 2.75) is 6.23 Å². The van der Waals surface area contributed by atoms with E-state index in [1.165, 1.54) is 7.11 Å². The summed E-state index contributed by atoms with van der Waals surface area (Å²) >= 11 is 0.